The van der Waals surface area contributed by atoms with Crippen molar-refractivity contribution in [3.8, 4) is 5.75 Å². The summed E-state index contributed by atoms with van der Waals surface area (Å²) >= 11 is 3.59. The van der Waals surface area contributed by atoms with Gasteiger partial charge in [0.1, 0.15) is 5.75 Å². The zero-order chi connectivity index (χ0) is 17.5. The molecule has 0 aliphatic carbocycles. The van der Waals surface area contributed by atoms with Crippen molar-refractivity contribution in [3.63, 3.8) is 0 Å². The van der Waals surface area contributed by atoms with Gasteiger partial charge in [-0.3, -0.25) is 4.98 Å². The highest BCUT2D eigenvalue weighted by Crippen LogP contribution is 2.48. The molecule has 0 radical (unpaired) electrons. The molecule has 0 N–H and O–H groups in total. The fourth-order valence-corrected chi connectivity index (χ4v) is 3.99. The summed E-state index contributed by atoms with van der Waals surface area (Å²) in [7, 11) is 0. The summed E-state index contributed by atoms with van der Waals surface area (Å²) in [6.45, 7) is 0. The maximum Gasteiger partial charge on any atom is 0.213 e. The average molecular weight is 406 g/mol. The quantitative estimate of drug-likeness (QED) is 0.595. The van der Waals surface area contributed by atoms with Crippen LogP contribution in [0.3, 0.4) is 0 Å². The predicted molar refractivity (Wildman–Crippen MR) is 104 cm³/mol. The van der Waals surface area contributed by atoms with Gasteiger partial charge in [0.2, 0.25) is 6.23 Å². The van der Waals surface area contributed by atoms with E-state index in [1.54, 1.807) is 12.4 Å². The van der Waals surface area contributed by atoms with E-state index in [1.807, 2.05) is 30.3 Å². The molecule has 4 nitrogen and oxygen atoms in total. The van der Waals surface area contributed by atoms with E-state index >= 15 is 0 Å². The van der Waals surface area contributed by atoms with E-state index in [0.717, 1.165) is 33.5 Å². The van der Waals surface area contributed by atoms with Crippen LogP contribution in [-0.2, 0) is 0 Å². The number of fused-ring (bicyclic) bond motifs is 3. The molecule has 0 bridgehead atoms. The summed E-state index contributed by atoms with van der Waals surface area (Å²) in [6, 6.07) is 20.7. The van der Waals surface area contributed by atoms with E-state index in [2.05, 4.69) is 56.3 Å². The number of aromatic nitrogens is 1. The van der Waals surface area contributed by atoms with Crippen LogP contribution in [0.15, 0.2) is 82.6 Å². The fraction of sp³-hybridized carbons (Fsp3) is 0.143. The van der Waals surface area contributed by atoms with E-state index in [-0.39, 0.29) is 12.3 Å². The molecule has 2 aliphatic rings. The van der Waals surface area contributed by atoms with Crippen LogP contribution in [0.25, 0.3) is 0 Å². The first kappa shape index (κ1) is 15.6. The van der Waals surface area contributed by atoms with Gasteiger partial charge in [0.15, 0.2) is 0 Å². The van der Waals surface area contributed by atoms with Crippen LogP contribution in [0, 0.1) is 0 Å². The van der Waals surface area contributed by atoms with E-state index in [4.69, 9.17) is 9.84 Å². The highest BCUT2D eigenvalue weighted by Gasteiger charge is 2.40. The molecule has 26 heavy (non-hydrogen) atoms. The second-order valence-electron chi connectivity index (χ2n) is 6.45. The molecule has 0 saturated heterocycles. The van der Waals surface area contributed by atoms with Gasteiger partial charge in [-0.15, -0.1) is 0 Å². The topological polar surface area (TPSA) is 37.7 Å². The van der Waals surface area contributed by atoms with Gasteiger partial charge in [-0.05, 0) is 35.9 Å². The van der Waals surface area contributed by atoms with Crippen molar-refractivity contribution in [2.45, 2.75) is 18.7 Å². The fourth-order valence-electron chi connectivity index (χ4n) is 3.61. The number of nitrogens with zero attached hydrogens (tertiary/aromatic N) is 3. The summed E-state index contributed by atoms with van der Waals surface area (Å²) < 4.78 is 7.39. The van der Waals surface area contributed by atoms with Gasteiger partial charge in [-0.2, -0.15) is 5.10 Å². The molecule has 2 aromatic carbocycles. The molecule has 2 atom stereocenters. The highest BCUT2D eigenvalue weighted by molar-refractivity contribution is 9.10. The van der Waals surface area contributed by atoms with Crippen molar-refractivity contribution in [1.82, 2.24) is 9.99 Å². The molecule has 3 aromatic rings. The summed E-state index contributed by atoms with van der Waals surface area (Å²) in [5, 5.41) is 7.05. The van der Waals surface area contributed by atoms with E-state index in [1.165, 1.54) is 5.56 Å². The normalized spacial score (nSPS) is 20.8. The Kier molecular flexibility index (Phi) is 3.75. The van der Waals surface area contributed by atoms with Gasteiger partial charge in [-0.25, -0.2) is 5.01 Å². The number of benzene rings is 2. The first-order chi connectivity index (χ1) is 12.8. The van der Waals surface area contributed by atoms with Crippen molar-refractivity contribution in [2.24, 2.45) is 5.10 Å². The SMILES string of the molecule is Brc1ccc2c(c1)C1CC(c3ccccc3)=NN1C(c1ccncc1)O2. The molecule has 1 aromatic heterocycles. The molecule has 5 heteroatoms. The van der Waals surface area contributed by atoms with Gasteiger partial charge >= 0.3 is 0 Å². The minimum Gasteiger partial charge on any atom is -0.464 e. The monoisotopic (exact) mass is 405 g/mol. The van der Waals surface area contributed by atoms with Crippen LogP contribution in [-0.4, -0.2) is 15.7 Å². The van der Waals surface area contributed by atoms with Gasteiger partial charge in [-0.1, -0.05) is 46.3 Å². The Morgan fingerprint density at radius 3 is 2.62 bits per heavy atom. The number of ether oxygens (including phenoxy) is 1. The lowest BCUT2D eigenvalue weighted by Gasteiger charge is -2.38. The van der Waals surface area contributed by atoms with E-state index in [9.17, 15) is 0 Å². The van der Waals surface area contributed by atoms with Crippen molar-refractivity contribution < 1.29 is 4.74 Å². The summed E-state index contributed by atoms with van der Waals surface area (Å²) in [5.41, 5.74) is 4.47. The molecule has 2 unspecified atom stereocenters. The lowest BCUT2D eigenvalue weighted by Crippen LogP contribution is -2.33. The summed E-state index contributed by atoms with van der Waals surface area (Å²) in [4.78, 5) is 4.13. The lowest BCUT2D eigenvalue weighted by atomic mass is 9.96. The average Bonchev–Trinajstić information content (AvgIpc) is 3.15. The Labute approximate surface area is 160 Å². The molecule has 2 aliphatic heterocycles. The molecule has 3 heterocycles. The summed E-state index contributed by atoms with van der Waals surface area (Å²) in [5.74, 6) is 0.917. The van der Waals surface area contributed by atoms with Crippen LogP contribution in [0.1, 0.15) is 35.4 Å². The minimum absolute atomic E-state index is 0.157. The van der Waals surface area contributed by atoms with E-state index in [0.29, 0.717) is 0 Å². The lowest BCUT2D eigenvalue weighted by molar-refractivity contribution is -0.0191. The Bertz CT molecular complexity index is 975. The Morgan fingerprint density at radius 2 is 1.81 bits per heavy atom. The first-order valence-electron chi connectivity index (χ1n) is 8.57. The van der Waals surface area contributed by atoms with Crippen LogP contribution < -0.4 is 4.74 Å². The largest absolute Gasteiger partial charge is 0.464 e. The molecule has 0 spiro atoms. The second kappa shape index (κ2) is 6.25. The Balaban J connectivity index is 1.62. The van der Waals surface area contributed by atoms with Crippen molar-refractivity contribution in [2.75, 3.05) is 0 Å². The standard InChI is InChI=1S/C21H16BrN3O/c22-16-6-7-20-17(12-16)19-13-18(14-4-2-1-3-5-14)24-25(19)21(26-20)15-8-10-23-11-9-15/h1-12,19,21H,13H2. The Hall–Kier alpha value is -2.66. The van der Waals surface area contributed by atoms with Crippen LogP contribution in [0.2, 0.25) is 0 Å². The molecule has 0 amide bonds. The number of halogens is 1. The molecule has 128 valence electrons. The number of hydrogen-bond donors (Lipinski definition) is 0. The first-order valence-corrected chi connectivity index (χ1v) is 9.36. The Morgan fingerprint density at radius 1 is 1.00 bits per heavy atom. The van der Waals surface area contributed by atoms with Crippen molar-refractivity contribution in [1.29, 1.82) is 0 Å². The van der Waals surface area contributed by atoms with Gasteiger partial charge < -0.3 is 4.74 Å². The van der Waals surface area contributed by atoms with Gasteiger partial charge in [0, 0.05) is 34.4 Å². The summed E-state index contributed by atoms with van der Waals surface area (Å²) in [6.07, 6.45) is 4.20. The molecular weight excluding hydrogens is 390 g/mol. The predicted octanol–water partition coefficient (Wildman–Crippen LogP) is 5.09. The number of hydrazone groups is 1. The minimum atomic E-state index is -0.252. The third-order valence-corrected chi connectivity index (χ3v) is 5.34. The zero-order valence-corrected chi connectivity index (χ0v) is 15.5. The van der Waals surface area contributed by atoms with Crippen molar-refractivity contribution >= 4 is 21.6 Å². The third kappa shape index (κ3) is 2.59. The number of hydrogen-bond acceptors (Lipinski definition) is 4. The number of pyridine rings is 1. The maximum atomic E-state index is 6.34. The van der Waals surface area contributed by atoms with Gasteiger partial charge in [0.05, 0.1) is 11.8 Å². The molecule has 5 rings (SSSR count). The van der Waals surface area contributed by atoms with Crippen molar-refractivity contribution in [3.05, 3.63) is 94.2 Å². The van der Waals surface area contributed by atoms with Gasteiger partial charge in [0.25, 0.3) is 0 Å². The maximum absolute atomic E-state index is 6.34. The van der Waals surface area contributed by atoms with Crippen LogP contribution in [0.4, 0.5) is 0 Å². The molecular formula is C21H16BrN3O. The highest BCUT2D eigenvalue weighted by atomic mass is 79.9. The van der Waals surface area contributed by atoms with Crippen LogP contribution in [0.5, 0.6) is 5.75 Å². The molecule has 0 fully saturated rings. The molecule has 0 saturated carbocycles. The number of rotatable bonds is 2. The second-order valence-corrected chi connectivity index (χ2v) is 7.36. The third-order valence-electron chi connectivity index (χ3n) is 4.85. The van der Waals surface area contributed by atoms with Crippen LogP contribution >= 0.6 is 15.9 Å². The zero-order valence-electron chi connectivity index (χ0n) is 13.9. The van der Waals surface area contributed by atoms with E-state index < -0.39 is 0 Å². The smallest absolute Gasteiger partial charge is 0.213 e.